The number of benzene rings is 6. The molecule has 0 saturated carbocycles. The Bertz CT molecular complexity index is 3250. The number of carbonyl (C=O) groups is 8. The van der Waals surface area contributed by atoms with Crippen molar-refractivity contribution in [1.82, 2.24) is 36.8 Å². The van der Waals surface area contributed by atoms with Crippen molar-refractivity contribution in [2.24, 2.45) is 17.6 Å². The Morgan fingerprint density at radius 3 is 1.40 bits per heavy atom. The highest BCUT2D eigenvalue weighted by atomic mass is 32.2. The number of nitrogens with zero attached hydrogens (tertiary/aromatic N) is 1. The summed E-state index contributed by atoms with van der Waals surface area (Å²) in [4.78, 5) is 119. The fourth-order valence-corrected chi connectivity index (χ4v) is 13.2. The zero-order valence-electron chi connectivity index (χ0n) is 55.1. The van der Waals surface area contributed by atoms with E-state index in [1.54, 1.807) is 27.7 Å². The number of rotatable bonds is 29. The molecule has 0 spiro atoms. The molecule has 494 valence electrons. The maximum Gasteiger partial charge on any atom is 0.329 e. The van der Waals surface area contributed by atoms with Gasteiger partial charge in [0.1, 0.15) is 41.3 Å². The second-order valence-corrected chi connectivity index (χ2v) is 27.0. The Morgan fingerprint density at radius 2 is 0.978 bits per heavy atom. The lowest BCUT2D eigenvalue weighted by molar-refractivity contribution is -0.160. The fraction of sp³-hybridized carbons (Fsp3) is 0.405. The summed E-state index contributed by atoms with van der Waals surface area (Å²) in [6, 6.07) is 50.6. The van der Waals surface area contributed by atoms with Crippen LogP contribution in [0.3, 0.4) is 0 Å². The molecule has 7 amide bonds. The van der Waals surface area contributed by atoms with Crippen molar-refractivity contribution >= 4 is 59.1 Å². The number of esters is 1. The van der Waals surface area contributed by atoms with Crippen LogP contribution < -0.4 is 37.6 Å². The molecule has 0 bridgehead atoms. The zero-order chi connectivity index (χ0) is 67.5. The molecule has 1 aliphatic rings. The van der Waals surface area contributed by atoms with Crippen molar-refractivity contribution < 1.29 is 47.8 Å². The number of hydrogen-bond donors (Lipinski definition) is 7. The average Bonchev–Trinajstić information content (AvgIpc) is 1.29. The summed E-state index contributed by atoms with van der Waals surface area (Å²) < 4.78 is 11.3. The molecule has 1 fully saturated rings. The number of likely N-dealkylation sites (tertiary alicyclic amines) is 1. The number of nitrogens with one attached hydrogen (secondary N) is 6. The topological polar surface area (TPSA) is 256 Å². The molecule has 18 nitrogen and oxygen atoms in total. The van der Waals surface area contributed by atoms with Gasteiger partial charge < -0.3 is 52.0 Å². The van der Waals surface area contributed by atoms with Crippen LogP contribution in [-0.4, -0.2) is 125 Å². The summed E-state index contributed by atoms with van der Waals surface area (Å²) in [7, 11) is 0. The van der Waals surface area contributed by atoms with E-state index in [1.807, 2.05) is 224 Å². The largest absolute Gasteiger partial charge is 0.458 e. The minimum atomic E-state index is -1.74. The van der Waals surface area contributed by atoms with Gasteiger partial charge in [0.15, 0.2) is 0 Å². The molecule has 8 atom stereocenters. The van der Waals surface area contributed by atoms with Gasteiger partial charge in [0.25, 0.3) is 0 Å². The lowest BCUT2D eigenvalue weighted by Gasteiger charge is -2.38. The van der Waals surface area contributed by atoms with Crippen LogP contribution in [0.1, 0.15) is 128 Å². The van der Waals surface area contributed by atoms with Crippen molar-refractivity contribution in [3.63, 3.8) is 0 Å². The molecule has 1 heterocycles. The van der Waals surface area contributed by atoms with Crippen molar-refractivity contribution in [3.05, 3.63) is 215 Å². The Balaban J connectivity index is 1.36. The second-order valence-electron chi connectivity index (χ2n) is 25.7. The standard InChI is InChI=1S/C74H92N8O10S/c1-11-49(3)64(79-62(84)45-75)68(88)76-46-63(85)77-59(48-93-74(54-37-25-16-26-38-54,55-39-27-17-28-40-55)56-41-29-18-30-42-56)66(86)78-58(44-61(83)81-73(51-31-19-13-20-32-51,52-33-21-14-22-34-52)53-35-23-15-24-36-53)69(89)82-47-57(91-71(5,6)7)43-60(82)67(87)80-65(50(4)12-2)70(90)92-72(8,9)10/h13-42,49-50,57-60,64-65H,11-12,43-48,75H2,1-10H3,(H,76,88)(H,77,85)(H,78,86)(H,79,84)(H,80,87)(H,81,83)/t49-,50-,57+,58-,59-,60-,64-,65-/m0/s1. The molecule has 6 aromatic rings. The van der Waals surface area contributed by atoms with E-state index in [0.717, 1.165) is 16.7 Å². The van der Waals surface area contributed by atoms with Gasteiger partial charge in [0, 0.05) is 18.7 Å². The lowest BCUT2D eigenvalue weighted by atomic mass is 9.77. The Labute approximate surface area is 552 Å². The molecule has 0 aliphatic carbocycles. The molecule has 8 N–H and O–H groups in total. The number of nitrogens with two attached hydrogens (primary N) is 1. The summed E-state index contributed by atoms with van der Waals surface area (Å²) in [6.45, 7) is 16.9. The van der Waals surface area contributed by atoms with Crippen LogP contribution in [0.25, 0.3) is 0 Å². The SMILES string of the molecule is CC[C@H](C)[C@H](NC(=O)CN)C(=O)NCC(=O)N[C@@H](CSC(c1ccccc1)(c1ccccc1)c1ccccc1)C(=O)N[C@@H](CC(=O)NC(c1ccccc1)(c1ccccc1)c1ccccc1)C(=O)N1C[C@H](OC(C)(C)C)C[C@H]1C(=O)N[C@H](C(=O)OC(C)(C)C)[C@@H](C)CC. The van der Waals surface area contributed by atoms with Crippen LogP contribution in [0, 0.1) is 11.8 Å². The average molecular weight is 1290 g/mol. The van der Waals surface area contributed by atoms with Crippen LogP contribution in [0.4, 0.5) is 0 Å². The third kappa shape index (κ3) is 18.8. The van der Waals surface area contributed by atoms with Gasteiger partial charge in [-0.15, -0.1) is 11.8 Å². The predicted octanol–water partition coefficient (Wildman–Crippen LogP) is 8.44. The monoisotopic (exact) mass is 1280 g/mol. The van der Waals surface area contributed by atoms with Gasteiger partial charge in [-0.25, -0.2) is 4.79 Å². The van der Waals surface area contributed by atoms with E-state index in [0.29, 0.717) is 29.5 Å². The highest BCUT2D eigenvalue weighted by molar-refractivity contribution is 8.00. The van der Waals surface area contributed by atoms with Gasteiger partial charge in [-0.2, -0.15) is 0 Å². The van der Waals surface area contributed by atoms with Crippen molar-refractivity contribution in [2.75, 3.05) is 25.4 Å². The first-order valence-electron chi connectivity index (χ1n) is 32.0. The van der Waals surface area contributed by atoms with Crippen LogP contribution >= 0.6 is 11.8 Å². The van der Waals surface area contributed by atoms with E-state index >= 15 is 19.2 Å². The molecule has 19 heteroatoms. The Morgan fingerprint density at radius 1 is 0.538 bits per heavy atom. The number of thioether (sulfide) groups is 1. The summed E-state index contributed by atoms with van der Waals surface area (Å²) in [5, 5.41) is 17.4. The summed E-state index contributed by atoms with van der Waals surface area (Å²) in [6.07, 6.45) is -0.451. The third-order valence-electron chi connectivity index (χ3n) is 16.6. The first-order chi connectivity index (χ1) is 44.3. The van der Waals surface area contributed by atoms with Gasteiger partial charge >= 0.3 is 5.97 Å². The molecular weight excluding hydrogens is 1190 g/mol. The van der Waals surface area contributed by atoms with Gasteiger partial charge in [-0.05, 0) is 86.8 Å². The predicted molar refractivity (Wildman–Crippen MR) is 363 cm³/mol. The summed E-state index contributed by atoms with van der Waals surface area (Å²) in [5.41, 5.74) is 7.19. The normalized spacial score (nSPS) is 16.2. The second kappa shape index (κ2) is 32.8. The molecule has 0 aromatic heterocycles. The maximum atomic E-state index is 16.2. The minimum Gasteiger partial charge on any atom is -0.458 e. The van der Waals surface area contributed by atoms with Crippen LogP contribution in [0.15, 0.2) is 182 Å². The van der Waals surface area contributed by atoms with Crippen LogP contribution in [0.2, 0.25) is 0 Å². The van der Waals surface area contributed by atoms with E-state index in [1.165, 1.54) is 16.7 Å². The van der Waals surface area contributed by atoms with Crippen LogP contribution in [0.5, 0.6) is 0 Å². The van der Waals surface area contributed by atoms with E-state index in [-0.39, 0.29) is 31.2 Å². The smallest absolute Gasteiger partial charge is 0.329 e. The highest BCUT2D eigenvalue weighted by Gasteiger charge is 2.47. The molecule has 93 heavy (non-hydrogen) atoms. The number of ether oxygens (including phenoxy) is 2. The van der Waals surface area contributed by atoms with Crippen molar-refractivity contribution in [2.45, 2.75) is 153 Å². The van der Waals surface area contributed by atoms with Gasteiger partial charge in [0.05, 0.1) is 36.0 Å². The number of hydrogen-bond acceptors (Lipinski definition) is 12. The van der Waals surface area contributed by atoms with E-state index in [2.05, 4.69) is 31.9 Å². The molecule has 1 saturated heterocycles. The summed E-state index contributed by atoms with van der Waals surface area (Å²) >= 11 is 1.35. The van der Waals surface area contributed by atoms with E-state index in [9.17, 15) is 19.2 Å². The molecule has 0 unspecified atom stereocenters. The minimum absolute atomic E-state index is 0.0161. The van der Waals surface area contributed by atoms with Crippen molar-refractivity contribution in [3.8, 4) is 0 Å². The highest BCUT2D eigenvalue weighted by Crippen LogP contribution is 2.49. The fourth-order valence-electron chi connectivity index (χ4n) is 11.7. The lowest BCUT2D eigenvalue weighted by Crippen LogP contribution is -2.60. The molecule has 7 rings (SSSR count). The van der Waals surface area contributed by atoms with E-state index < -0.39 is 124 Å². The van der Waals surface area contributed by atoms with Gasteiger partial charge in [-0.3, -0.25) is 33.6 Å². The number of amides is 7. The zero-order valence-corrected chi connectivity index (χ0v) is 55.9. The van der Waals surface area contributed by atoms with Gasteiger partial charge in [-0.1, -0.05) is 223 Å². The Hall–Kier alpha value is -8.65. The van der Waals surface area contributed by atoms with Crippen LogP contribution in [-0.2, 0) is 58.1 Å². The maximum absolute atomic E-state index is 16.2. The first-order valence-corrected chi connectivity index (χ1v) is 33.0. The van der Waals surface area contributed by atoms with Gasteiger partial charge in [0.2, 0.25) is 41.4 Å². The first kappa shape index (κ1) is 71.8. The van der Waals surface area contributed by atoms with Crippen molar-refractivity contribution in [1.29, 1.82) is 0 Å². The molecule has 6 aromatic carbocycles. The number of carbonyl (C=O) groups excluding carboxylic acids is 8. The van der Waals surface area contributed by atoms with E-state index in [4.69, 9.17) is 15.2 Å². The quantitative estimate of drug-likeness (QED) is 0.0173. The Kier molecular flexibility index (Phi) is 25.3. The molecule has 1 aliphatic heterocycles. The summed E-state index contributed by atoms with van der Waals surface area (Å²) in [5.74, 6) is -6.64. The third-order valence-corrected chi connectivity index (χ3v) is 18.2. The molecular formula is C74H92N8O10S. The molecule has 0 radical (unpaired) electrons.